The van der Waals surface area contributed by atoms with Crippen molar-refractivity contribution in [2.24, 2.45) is 10.6 Å². The predicted molar refractivity (Wildman–Crippen MR) is 161 cm³/mol. The van der Waals surface area contributed by atoms with Crippen molar-refractivity contribution in [1.29, 1.82) is 0 Å². The van der Waals surface area contributed by atoms with E-state index in [0.29, 0.717) is 22.5 Å². The molecule has 43 heavy (non-hydrogen) atoms. The Balaban J connectivity index is 1.33. The van der Waals surface area contributed by atoms with Gasteiger partial charge in [0.2, 0.25) is 10.0 Å². The largest absolute Gasteiger partial charge is 0.387 e. The van der Waals surface area contributed by atoms with Gasteiger partial charge in [0.1, 0.15) is 16.8 Å². The predicted octanol–water partition coefficient (Wildman–Crippen LogP) is 4.35. The number of hydrogen-bond acceptors (Lipinski definition) is 8. The van der Waals surface area contributed by atoms with E-state index in [1.165, 1.54) is 12.8 Å². The molecule has 2 aliphatic heterocycles. The molecule has 4 heterocycles. The smallest absolute Gasteiger partial charge is 0.251 e. The van der Waals surface area contributed by atoms with Crippen LogP contribution in [0.1, 0.15) is 69.2 Å². The molecule has 13 heteroatoms. The lowest BCUT2D eigenvalue weighted by Crippen LogP contribution is -2.39. The zero-order valence-corrected chi connectivity index (χ0v) is 25.4. The number of aliphatic hydroxyl groups excluding tert-OH is 1. The summed E-state index contributed by atoms with van der Waals surface area (Å²) in [6.45, 7) is 5.73. The molecule has 0 radical (unpaired) electrons. The van der Waals surface area contributed by atoms with E-state index in [1.807, 2.05) is 42.3 Å². The zero-order valence-electron chi connectivity index (χ0n) is 24.6. The van der Waals surface area contributed by atoms with Gasteiger partial charge in [-0.2, -0.15) is 0 Å². The van der Waals surface area contributed by atoms with E-state index < -0.39 is 27.3 Å². The van der Waals surface area contributed by atoms with Gasteiger partial charge < -0.3 is 14.9 Å². The van der Waals surface area contributed by atoms with E-state index >= 15 is 0 Å². The molecule has 3 N–H and O–H groups in total. The molecule has 1 aliphatic carbocycles. The number of nitrogens with two attached hydrogens (primary N) is 1. The Hall–Kier alpha value is -3.16. The first-order chi connectivity index (χ1) is 20.4. The number of piperidine rings is 2. The van der Waals surface area contributed by atoms with E-state index in [2.05, 4.69) is 20.2 Å². The SMILES string of the molecule is CCC(C(O)c1ccc(-n2cc(-c3cc(C)nc(N4CCC(F)(F)CC4)c3)nn2)c(N2CCC3(CC2)CC3)c1)S(N)(=O)=O. The molecule has 6 rings (SSSR count). The van der Waals surface area contributed by atoms with Crippen LogP contribution in [0.4, 0.5) is 20.3 Å². The van der Waals surface area contributed by atoms with Crippen LogP contribution in [-0.4, -0.2) is 70.9 Å². The summed E-state index contributed by atoms with van der Waals surface area (Å²) in [5.74, 6) is -2.00. The van der Waals surface area contributed by atoms with Crippen LogP contribution in [0.2, 0.25) is 0 Å². The van der Waals surface area contributed by atoms with Gasteiger partial charge in [-0.3, -0.25) is 0 Å². The van der Waals surface area contributed by atoms with Crippen LogP contribution in [0.25, 0.3) is 16.9 Å². The summed E-state index contributed by atoms with van der Waals surface area (Å²) in [5.41, 5.74) is 4.68. The molecule has 1 aromatic carbocycles. The van der Waals surface area contributed by atoms with E-state index in [1.54, 1.807) is 17.7 Å². The van der Waals surface area contributed by atoms with Crippen molar-refractivity contribution in [2.75, 3.05) is 36.0 Å². The molecule has 1 spiro atoms. The highest BCUT2D eigenvalue weighted by Gasteiger charge is 2.44. The number of aromatic nitrogens is 4. The van der Waals surface area contributed by atoms with Gasteiger partial charge in [-0.05, 0) is 74.3 Å². The lowest BCUT2D eigenvalue weighted by atomic mass is 9.93. The quantitative estimate of drug-likeness (QED) is 0.383. The van der Waals surface area contributed by atoms with E-state index in [4.69, 9.17) is 5.14 Å². The minimum atomic E-state index is -3.95. The molecule has 1 saturated carbocycles. The van der Waals surface area contributed by atoms with Crippen molar-refractivity contribution in [2.45, 2.75) is 76.1 Å². The fourth-order valence-electron chi connectivity index (χ4n) is 6.46. The maximum absolute atomic E-state index is 13.8. The van der Waals surface area contributed by atoms with Gasteiger partial charge in [-0.25, -0.2) is 32.0 Å². The summed E-state index contributed by atoms with van der Waals surface area (Å²) in [6, 6.07) is 9.16. The van der Waals surface area contributed by atoms with Crippen LogP contribution in [-0.2, 0) is 10.0 Å². The number of nitrogens with zero attached hydrogens (tertiary/aromatic N) is 6. The number of alkyl halides is 2. The Morgan fingerprint density at radius 3 is 2.28 bits per heavy atom. The Morgan fingerprint density at radius 1 is 0.977 bits per heavy atom. The Bertz CT molecular complexity index is 1590. The van der Waals surface area contributed by atoms with Crippen molar-refractivity contribution in [1.82, 2.24) is 20.0 Å². The highest BCUT2D eigenvalue weighted by Crippen LogP contribution is 2.54. The minimum absolute atomic E-state index is 0.183. The molecule has 10 nitrogen and oxygen atoms in total. The summed E-state index contributed by atoms with van der Waals surface area (Å²) < 4.78 is 53.6. The van der Waals surface area contributed by atoms with Crippen LogP contribution in [0, 0.1) is 12.3 Å². The number of hydrogen-bond donors (Lipinski definition) is 2. The number of primary sulfonamides is 1. The van der Waals surface area contributed by atoms with Gasteiger partial charge in [-0.1, -0.05) is 18.2 Å². The molecular formula is C30H39F2N7O3S. The van der Waals surface area contributed by atoms with Crippen molar-refractivity contribution in [3.63, 3.8) is 0 Å². The summed E-state index contributed by atoms with van der Waals surface area (Å²) >= 11 is 0. The highest BCUT2D eigenvalue weighted by molar-refractivity contribution is 7.89. The Labute approximate surface area is 250 Å². The van der Waals surface area contributed by atoms with E-state index in [0.717, 1.165) is 48.6 Å². The normalized spacial score (nSPS) is 21.2. The minimum Gasteiger partial charge on any atom is -0.387 e. The average molecular weight is 616 g/mol. The maximum atomic E-state index is 13.8. The lowest BCUT2D eigenvalue weighted by molar-refractivity contribution is -0.0221. The number of aliphatic hydroxyl groups is 1. The summed E-state index contributed by atoms with van der Waals surface area (Å²) in [7, 11) is -3.95. The lowest BCUT2D eigenvalue weighted by Gasteiger charge is -2.35. The number of pyridine rings is 1. The molecule has 2 unspecified atom stereocenters. The number of anilines is 2. The number of aryl methyl sites for hydroxylation is 1. The molecule has 2 atom stereocenters. The van der Waals surface area contributed by atoms with E-state index in [9.17, 15) is 22.3 Å². The maximum Gasteiger partial charge on any atom is 0.251 e. The molecule has 3 aromatic rings. The molecule has 3 aliphatic rings. The third kappa shape index (κ3) is 6.25. The fourth-order valence-corrected chi connectivity index (χ4v) is 7.44. The zero-order chi connectivity index (χ0) is 30.6. The summed E-state index contributed by atoms with van der Waals surface area (Å²) in [6.07, 6.45) is 5.02. The van der Waals surface area contributed by atoms with Gasteiger partial charge in [0.15, 0.2) is 0 Å². The second kappa shape index (κ2) is 11.1. The van der Waals surface area contributed by atoms with Crippen LogP contribution < -0.4 is 14.9 Å². The first kappa shape index (κ1) is 29.9. The van der Waals surface area contributed by atoms with Crippen LogP contribution >= 0.6 is 0 Å². The van der Waals surface area contributed by atoms with Crippen LogP contribution in [0.15, 0.2) is 36.5 Å². The highest BCUT2D eigenvalue weighted by atomic mass is 32.2. The van der Waals surface area contributed by atoms with Crippen LogP contribution in [0.3, 0.4) is 0 Å². The monoisotopic (exact) mass is 615 g/mol. The molecule has 232 valence electrons. The second-order valence-corrected chi connectivity index (χ2v) is 14.2. The second-order valence-electron chi connectivity index (χ2n) is 12.5. The molecule has 2 saturated heterocycles. The van der Waals surface area contributed by atoms with Gasteiger partial charge in [0, 0.05) is 50.3 Å². The van der Waals surface area contributed by atoms with Crippen molar-refractivity contribution in [3.8, 4) is 16.9 Å². The molecule has 2 aromatic heterocycles. The van der Waals surface area contributed by atoms with Gasteiger partial charge in [0.05, 0.1) is 23.7 Å². The van der Waals surface area contributed by atoms with Crippen LogP contribution in [0.5, 0.6) is 0 Å². The van der Waals surface area contributed by atoms with Crippen molar-refractivity contribution in [3.05, 3.63) is 47.8 Å². The first-order valence-electron chi connectivity index (χ1n) is 15.0. The molecule has 0 bridgehead atoms. The third-order valence-electron chi connectivity index (χ3n) is 9.43. The topological polar surface area (TPSA) is 130 Å². The fraction of sp³-hybridized carbons (Fsp3) is 0.567. The summed E-state index contributed by atoms with van der Waals surface area (Å²) in [5, 5.41) is 24.3. The molecule has 3 fully saturated rings. The van der Waals surface area contributed by atoms with Gasteiger partial charge in [0.25, 0.3) is 5.92 Å². The Kier molecular flexibility index (Phi) is 7.70. The first-order valence-corrected chi connectivity index (χ1v) is 16.6. The third-order valence-corrected chi connectivity index (χ3v) is 10.9. The number of sulfonamides is 1. The number of rotatable bonds is 8. The van der Waals surface area contributed by atoms with Gasteiger partial charge >= 0.3 is 0 Å². The standard InChI is InChI=1S/C30H39F2N7O3S/c1-3-26(43(33,41)42)28(40)21-4-5-24(25(17-21)37-12-8-29(6-7-29)9-13-37)39-19-23(35-36-39)22-16-20(2)34-27(18-22)38-14-10-30(31,32)11-15-38/h4-5,16-19,26,28,40H,3,6-15H2,1-2H3,(H2,33,41,42). The Morgan fingerprint density at radius 2 is 1.65 bits per heavy atom. The van der Waals surface area contributed by atoms with Gasteiger partial charge in [-0.15, -0.1) is 5.10 Å². The molecule has 0 amide bonds. The van der Waals surface area contributed by atoms with Crippen molar-refractivity contribution >= 4 is 21.5 Å². The average Bonchev–Trinajstić information content (AvgIpc) is 3.52. The molecular weight excluding hydrogens is 576 g/mol. The van der Waals surface area contributed by atoms with Crippen molar-refractivity contribution < 1.29 is 22.3 Å². The summed E-state index contributed by atoms with van der Waals surface area (Å²) in [4.78, 5) is 8.75. The van der Waals surface area contributed by atoms with E-state index in [-0.39, 0.29) is 32.4 Å². The number of halogens is 2. The number of benzene rings is 1.